The molecule has 0 bridgehead atoms. The van der Waals surface area contributed by atoms with Gasteiger partial charge < -0.3 is 30.5 Å². The van der Waals surface area contributed by atoms with E-state index >= 15 is 0 Å². The van der Waals surface area contributed by atoms with E-state index in [0.717, 1.165) is 22.2 Å². The Balaban J connectivity index is 1.46. The van der Waals surface area contributed by atoms with Crippen molar-refractivity contribution in [1.29, 1.82) is 0 Å². The molecule has 4 heterocycles. The molecule has 1 fully saturated rings. The third-order valence-electron chi connectivity index (χ3n) is 6.49. The largest absolute Gasteiger partial charge is 0.465 e. The number of anilines is 2. The van der Waals surface area contributed by atoms with Gasteiger partial charge in [-0.3, -0.25) is 14.6 Å². The highest BCUT2D eigenvalue weighted by Gasteiger charge is 2.26. The van der Waals surface area contributed by atoms with Gasteiger partial charge in [-0.25, -0.2) is 9.78 Å². The number of benzene rings is 1. The second-order valence-corrected chi connectivity index (χ2v) is 8.86. The maximum atomic E-state index is 13.0. The summed E-state index contributed by atoms with van der Waals surface area (Å²) in [7, 11) is 0. The molecule has 1 aliphatic heterocycles. The molecule has 3 aromatic heterocycles. The van der Waals surface area contributed by atoms with E-state index in [-0.39, 0.29) is 24.8 Å². The summed E-state index contributed by atoms with van der Waals surface area (Å²) in [6.45, 7) is 2.20. The molecule has 0 atom stereocenters. The van der Waals surface area contributed by atoms with E-state index in [0.29, 0.717) is 43.1 Å². The summed E-state index contributed by atoms with van der Waals surface area (Å²) in [4.78, 5) is 52.1. The third-order valence-corrected chi connectivity index (χ3v) is 6.49. The van der Waals surface area contributed by atoms with Gasteiger partial charge in [0.25, 0.3) is 5.91 Å². The molecule has 11 nitrogen and oxygen atoms in total. The van der Waals surface area contributed by atoms with Crippen LogP contribution in [0.5, 0.6) is 0 Å². The highest BCUT2D eigenvalue weighted by atomic mass is 16.4. The predicted molar refractivity (Wildman–Crippen MR) is 143 cm³/mol. The Kier molecular flexibility index (Phi) is 7.16. The van der Waals surface area contributed by atoms with Crippen molar-refractivity contribution in [2.24, 2.45) is 0 Å². The van der Waals surface area contributed by atoms with Crippen LogP contribution in [0.25, 0.3) is 22.2 Å². The average Bonchev–Trinajstić information content (AvgIpc) is 3.36. The first kappa shape index (κ1) is 24.8. The molecular formula is C27H27N7O4. The Hall–Kier alpha value is -4.93. The van der Waals surface area contributed by atoms with Crippen molar-refractivity contribution < 1.29 is 19.5 Å². The Bertz CT molecular complexity index is 1450. The minimum Gasteiger partial charge on any atom is -0.465 e. The lowest BCUT2D eigenvalue weighted by molar-refractivity contribution is -0.131. The van der Waals surface area contributed by atoms with E-state index < -0.39 is 6.09 Å². The van der Waals surface area contributed by atoms with Gasteiger partial charge >= 0.3 is 6.09 Å². The number of nitrogens with one attached hydrogen (secondary N) is 3. The van der Waals surface area contributed by atoms with Crippen LogP contribution in [0.4, 0.5) is 16.2 Å². The van der Waals surface area contributed by atoms with Gasteiger partial charge in [-0.1, -0.05) is 30.3 Å². The van der Waals surface area contributed by atoms with E-state index in [1.807, 2.05) is 36.5 Å². The highest BCUT2D eigenvalue weighted by molar-refractivity contribution is 6.13. The Morgan fingerprint density at radius 2 is 1.79 bits per heavy atom. The first-order chi connectivity index (χ1) is 18.5. The van der Waals surface area contributed by atoms with Crippen molar-refractivity contribution in [3.05, 3.63) is 72.8 Å². The summed E-state index contributed by atoms with van der Waals surface area (Å²) < 4.78 is 0. The monoisotopic (exact) mass is 513 g/mol. The molecule has 0 aliphatic carbocycles. The third kappa shape index (κ3) is 5.26. The van der Waals surface area contributed by atoms with Gasteiger partial charge in [0.15, 0.2) is 0 Å². The highest BCUT2D eigenvalue weighted by Crippen LogP contribution is 2.40. The molecule has 3 amide bonds. The lowest BCUT2D eigenvalue weighted by Crippen LogP contribution is -2.49. The number of piperazine rings is 1. The molecule has 4 N–H and O–H groups in total. The summed E-state index contributed by atoms with van der Waals surface area (Å²) in [6.07, 6.45) is 5.66. The number of H-pyrrole nitrogens is 1. The normalized spacial score (nSPS) is 13.4. The molecule has 5 rings (SSSR count). The fourth-order valence-corrected chi connectivity index (χ4v) is 4.64. The molecule has 1 aromatic carbocycles. The summed E-state index contributed by atoms with van der Waals surface area (Å²) in [5.74, 6) is -0.368. The SMILES string of the molecule is O=C(O)NCCC(=O)N1CCN(c2c(-c3ccccc3)cnc3[nH]cc(NC(=O)c4cccnc4)c23)CC1. The predicted octanol–water partition coefficient (Wildman–Crippen LogP) is 3.18. The molecule has 1 aliphatic rings. The van der Waals surface area contributed by atoms with Gasteiger partial charge in [0, 0.05) is 69.5 Å². The molecular weight excluding hydrogens is 486 g/mol. The van der Waals surface area contributed by atoms with Crippen molar-refractivity contribution >= 4 is 40.3 Å². The number of carbonyl (C=O) groups is 3. The average molecular weight is 514 g/mol. The van der Waals surface area contributed by atoms with Crippen LogP contribution in [-0.2, 0) is 4.79 Å². The molecule has 0 unspecified atom stereocenters. The summed E-state index contributed by atoms with van der Waals surface area (Å²) in [5, 5.41) is 14.8. The number of fused-ring (bicyclic) bond motifs is 1. The Morgan fingerprint density at radius 3 is 2.50 bits per heavy atom. The van der Waals surface area contributed by atoms with E-state index in [2.05, 4.69) is 30.5 Å². The standard InChI is InChI=1S/C27H27N7O4/c35-22(8-10-29-27(37)38)33-11-13-34(14-12-33)24-20(18-5-2-1-3-6-18)16-30-25-23(24)21(17-31-25)32-26(36)19-7-4-9-28-15-19/h1-7,9,15-17,29H,8,10-14H2,(H,30,31)(H,32,36)(H,37,38). The van der Waals surface area contributed by atoms with Crippen molar-refractivity contribution in [3.8, 4) is 11.1 Å². The summed E-state index contributed by atoms with van der Waals surface area (Å²) >= 11 is 0. The molecule has 4 aromatic rings. The maximum Gasteiger partial charge on any atom is 0.404 e. The molecule has 0 spiro atoms. The number of hydrogen-bond acceptors (Lipinski definition) is 6. The fourth-order valence-electron chi connectivity index (χ4n) is 4.64. The van der Waals surface area contributed by atoms with Gasteiger partial charge in [0.05, 0.1) is 22.3 Å². The van der Waals surface area contributed by atoms with E-state index in [1.165, 1.54) is 6.20 Å². The number of amides is 3. The molecule has 0 radical (unpaired) electrons. The topological polar surface area (TPSA) is 144 Å². The van der Waals surface area contributed by atoms with Gasteiger partial charge in [-0.2, -0.15) is 0 Å². The first-order valence-corrected chi connectivity index (χ1v) is 12.3. The molecule has 38 heavy (non-hydrogen) atoms. The molecule has 11 heteroatoms. The zero-order chi connectivity index (χ0) is 26.5. The van der Waals surface area contributed by atoms with Crippen molar-refractivity contribution in [2.75, 3.05) is 42.9 Å². The van der Waals surface area contributed by atoms with Crippen molar-refractivity contribution in [3.63, 3.8) is 0 Å². The fraction of sp³-hybridized carbons (Fsp3) is 0.222. The van der Waals surface area contributed by atoms with Gasteiger partial charge in [0.2, 0.25) is 5.91 Å². The second kappa shape index (κ2) is 11.0. The number of aromatic amines is 1. The van der Waals surface area contributed by atoms with Crippen molar-refractivity contribution in [2.45, 2.75) is 6.42 Å². The van der Waals surface area contributed by atoms with Crippen LogP contribution in [-0.4, -0.2) is 75.6 Å². The number of aromatic nitrogens is 3. The van der Waals surface area contributed by atoms with Crippen LogP contribution < -0.4 is 15.5 Å². The smallest absolute Gasteiger partial charge is 0.404 e. The molecule has 0 saturated carbocycles. The number of carboxylic acid groups (broad SMARTS) is 1. The Morgan fingerprint density at radius 1 is 1.00 bits per heavy atom. The van der Waals surface area contributed by atoms with Crippen LogP contribution in [0, 0.1) is 0 Å². The minimum atomic E-state index is -1.14. The van der Waals surface area contributed by atoms with E-state index in [4.69, 9.17) is 5.11 Å². The van der Waals surface area contributed by atoms with Crippen LogP contribution in [0.1, 0.15) is 16.8 Å². The molecule has 1 saturated heterocycles. The first-order valence-electron chi connectivity index (χ1n) is 12.3. The van der Waals surface area contributed by atoms with E-state index in [1.54, 1.807) is 29.4 Å². The van der Waals surface area contributed by atoms with E-state index in [9.17, 15) is 14.4 Å². The maximum absolute atomic E-state index is 13.0. The second-order valence-electron chi connectivity index (χ2n) is 8.86. The van der Waals surface area contributed by atoms with Crippen LogP contribution in [0.3, 0.4) is 0 Å². The zero-order valence-corrected chi connectivity index (χ0v) is 20.6. The van der Waals surface area contributed by atoms with Gasteiger partial charge in [-0.15, -0.1) is 0 Å². The number of pyridine rings is 2. The van der Waals surface area contributed by atoms with Crippen LogP contribution >= 0.6 is 0 Å². The zero-order valence-electron chi connectivity index (χ0n) is 20.6. The Labute approximate surface area is 218 Å². The number of rotatable bonds is 7. The summed E-state index contributed by atoms with van der Waals surface area (Å²) in [5.41, 5.74) is 4.51. The van der Waals surface area contributed by atoms with Gasteiger partial charge in [-0.05, 0) is 17.7 Å². The quantitative estimate of drug-likeness (QED) is 0.297. The lowest BCUT2D eigenvalue weighted by atomic mass is 10.0. The van der Waals surface area contributed by atoms with Crippen LogP contribution in [0.15, 0.2) is 67.3 Å². The van der Waals surface area contributed by atoms with Crippen molar-refractivity contribution in [1.82, 2.24) is 25.2 Å². The summed E-state index contributed by atoms with van der Waals surface area (Å²) in [6, 6.07) is 13.3. The number of hydrogen-bond donors (Lipinski definition) is 4. The van der Waals surface area contributed by atoms with Crippen LogP contribution in [0.2, 0.25) is 0 Å². The number of nitrogens with zero attached hydrogens (tertiary/aromatic N) is 4. The van der Waals surface area contributed by atoms with Gasteiger partial charge in [0.1, 0.15) is 5.65 Å². The number of carbonyl (C=O) groups excluding carboxylic acids is 2. The minimum absolute atomic E-state index is 0.0842. The molecule has 194 valence electrons. The lowest BCUT2D eigenvalue weighted by Gasteiger charge is -2.37.